The van der Waals surface area contributed by atoms with Crippen molar-refractivity contribution in [2.24, 2.45) is 5.92 Å². The summed E-state index contributed by atoms with van der Waals surface area (Å²) in [6, 6.07) is 3.61. The summed E-state index contributed by atoms with van der Waals surface area (Å²) in [6.45, 7) is 5.47. The highest BCUT2D eigenvalue weighted by molar-refractivity contribution is 5.19. The number of imidazole rings is 1. The van der Waals surface area contributed by atoms with Crippen LogP contribution < -0.4 is 0 Å². The lowest BCUT2D eigenvalue weighted by atomic mass is 9.99. The van der Waals surface area contributed by atoms with E-state index in [-0.39, 0.29) is 0 Å². The summed E-state index contributed by atoms with van der Waals surface area (Å²) < 4.78 is 1.83. The summed E-state index contributed by atoms with van der Waals surface area (Å²) >= 11 is 0. The van der Waals surface area contributed by atoms with Gasteiger partial charge in [-0.3, -0.25) is 4.98 Å². The van der Waals surface area contributed by atoms with Crippen molar-refractivity contribution >= 4 is 0 Å². The molecule has 1 saturated heterocycles. The van der Waals surface area contributed by atoms with Crippen molar-refractivity contribution in [3.63, 3.8) is 0 Å². The Kier molecular flexibility index (Phi) is 5.60. The molecule has 2 aromatic rings. The van der Waals surface area contributed by atoms with Gasteiger partial charge >= 0.3 is 0 Å². The van der Waals surface area contributed by atoms with Gasteiger partial charge in [0.25, 0.3) is 0 Å². The van der Waals surface area contributed by atoms with Crippen LogP contribution in [-0.4, -0.2) is 55.4 Å². The van der Waals surface area contributed by atoms with E-state index in [0.717, 1.165) is 19.0 Å². The third-order valence-corrected chi connectivity index (χ3v) is 4.75. The molecular formula is C18H26N4O2. The Morgan fingerprint density at radius 1 is 1.21 bits per heavy atom. The van der Waals surface area contributed by atoms with Crippen molar-refractivity contribution in [3.8, 4) is 0 Å². The van der Waals surface area contributed by atoms with E-state index < -0.39 is 12.2 Å². The fourth-order valence-corrected chi connectivity index (χ4v) is 3.24. The molecule has 0 saturated carbocycles. The van der Waals surface area contributed by atoms with Gasteiger partial charge in [-0.05, 0) is 37.9 Å². The highest BCUT2D eigenvalue weighted by Gasteiger charge is 2.21. The predicted octanol–water partition coefficient (Wildman–Crippen LogP) is 1.45. The van der Waals surface area contributed by atoms with Crippen LogP contribution in [0.3, 0.4) is 0 Å². The van der Waals surface area contributed by atoms with Gasteiger partial charge in [-0.15, -0.1) is 0 Å². The summed E-state index contributed by atoms with van der Waals surface area (Å²) in [5, 5.41) is 20.9. The van der Waals surface area contributed by atoms with E-state index in [2.05, 4.69) is 21.8 Å². The van der Waals surface area contributed by atoms with Crippen LogP contribution in [0.4, 0.5) is 0 Å². The minimum absolute atomic E-state index is 0.429. The van der Waals surface area contributed by atoms with Gasteiger partial charge in [0.2, 0.25) is 0 Å². The Bertz CT molecular complexity index is 623. The minimum atomic E-state index is -0.836. The SMILES string of the molecule is CC1CCN(C[C@H](O)Cn2ccnc2[C@H](O)c2cccnc2)CC1. The third-order valence-electron chi connectivity index (χ3n) is 4.75. The normalized spacial score (nSPS) is 19.3. The monoisotopic (exact) mass is 330 g/mol. The first-order chi connectivity index (χ1) is 11.6. The van der Waals surface area contributed by atoms with Gasteiger partial charge in [0.05, 0.1) is 12.6 Å². The van der Waals surface area contributed by atoms with Gasteiger partial charge in [0.15, 0.2) is 0 Å². The van der Waals surface area contributed by atoms with E-state index in [4.69, 9.17) is 0 Å². The second-order valence-corrected chi connectivity index (χ2v) is 6.76. The number of hydrogen-bond acceptors (Lipinski definition) is 5. The molecule has 6 nitrogen and oxygen atoms in total. The van der Waals surface area contributed by atoms with Gasteiger partial charge in [-0.1, -0.05) is 13.0 Å². The Balaban J connectivity index is 1.61. The molecule has 2 atom stereocenters. The molecule has 0 aliphatic carbocycles. The lowest BCUT2D eigenvalue weighted by molar-refractivity contribution is 0.0778. The number of piperidine rings is 1. The van der Waals surface area contributed by atoms with E-state index in [1.54, 1.807) is 30.9 Å². The topological polar surface area (TPSA) is 74.4 Å². The van der Waals surface area contributed by atoms with Gasteiger partial charge in [-0.25, -0.2) is 4.98 Å². The average Bonchev–Trinajstić information content (AvgIpc) is 3.05. The summed E-state index contributed by atoms with van der Waals surface area (Å²) in [7, 11) is 0. The molecule has 0 radical (unpaired) electrons. The molecule has 3 rings (SSSR count). The fourth-order valence-electron chi connectivity index (χ4n) is 3.24. The lowest BCUT2D eigenvalue weighted by Crippen LogP contribution is -2.39. The molecule has 3 heterocycles. The molecule has 0 unspecified atom stereocenters. The second kappa shape index (κ2) is 7.88. The summed E-state index contributed by atoms with van der Waals surface area (Å²) in [6.07, 6.45) is 7.84. The Hall–Kier alpha value is -1.76. The van der Waals surface area contributed by atoms with Crippen molar-refractivity contribution in [3.05, 3.63) is 48.3 Å². The number of pyridine rings is 1. The smallest absolute Gasteiger partial charge is 0.142 e. The molecule has 0 amide bonds. The summed E-state index contributed by atoms with van der Waals surface area (Å²) in [5.41, 5.74) is 0.699. The number of aromatic nitrogens is 3. The van der Waals surface area contributed by atoms with Gasteiger partial charge in [0, 0.05) is 36.9 Å². The lowest BCUT2D eigenvalue weighted by Gasteiger charge is -2.31. The van der Waals surface area contributed by atoms with Crippen LogP contribution in [0.2, 0.25) is 0 Å². The zero-order valence-corrected chi connectivity index (χ0v) is 14.1. The van der Waals surface area contributed by atoms with Crippen LogP contribution in [0.25, 0.3) is 0 Å². The second-order valence-electron chi connectivity index (χ2n) is 6.76. The standard InChI is InChI=1S/C18H26N4O2/c1-14-4-8-21(9-5-14)12-16(23)13-22-10-7-20-18(22)17(24)15-3-2-6-19-11-15/h2-3,6-7,10-11,14,16-17,23-24H,4-5,8-9,12-13H2,1H3/t16-,17+/m0/s1. The predicted molar refractivity (Wildman–Crippen MR) is 91.4 cm³/mol. The molecule has 6 heteroatoms. The van der Waals surface area contributed by atoms with Crippen LogP contribution in [0.15, 0.2) is 36.9 Å². The first-order valence-electron chi connectivity index (χ1n) is 8.63. The summed E-state index contributed by atoms with van der Waals surface area (Å²) in [4.78, 5) is 10.6. The van der Waals surface area contributed by atoms with E-state index in [1.165, 1.54) is 12.8 Å². The highest BCUT2D eigenvalue weighted by Crippen LogP contribution is 2.20. The molecule has 1 fully saturated rings. The van der Waals surface area contributed by atoms with Crippen LogP contribution in [0, 0.1) is 5.92 Å². The molecule has 130 valence electrons. The number of hydrogen-bond donors (Lipinski definition) is 2. The van der Waals surface area contributed by atoms with Crippen molar-refractivity contribution in [2.75, 3.05) is 19.6 Å². The molecular weight excluding hydrogens is 304 g/mol. The fraction of sp³-hybridized carbons (Fsp3) is 0.556. The van der Waals surface area contributed by atoms with E-state index in [0.29, 0.717) is 24.5 Å². The van der Waals surface area contributed by atoms with Crippen molar-refractivity contribution in [1.29, 1.82) is 0 Å². The minimum Gasteiger partial charge on any atom is -0.390 e. The Labute approximate surface area is 142 Å². The molecule has 2 aromatic heterocycles. The molecule has 1 aliphatic rings. The van der Waals surface area contributed by atoms with Gasteiger partial charge in [-0.2, -0.15) is 0 Å². The number of aliphatic hydroxyl groups is 2. The number of rotatable bonds is 6. The maximum atomic E-state index is 10.5. The largest absolute Gasteiger partial charge is 0.390 e. The molecule has 0 bridgehead atoms. The zero-order chi connectivity index (χ0) is 16.9. The Morgan fingerprint density at radius 3 is 2.71 bits per heavy atom. The van der Waals surface area contributed by atoms with E-state index in [1.807, 2.05) is 10.6 Å². The van der Waals surface area contributed by atoms with Crippen LogP contribution >= 0.6 is 0 Å². The molecule has 24 heavy (non-hydrogen) atoms. The van der Waals surface area contributed by atoms with Crippen LogP contribution in [-0.2, 0) is 6.54 Å². The van der Waals surface area contributed by atoms with Crippen molar-refractivity contribution < 1.29 is 10.2 Å². The maximum Gasteiger partial charge on any atom is 0.142 e. The van der Waals surface area contributed by atoms with Gasteiger partial charge < -0.3 is 19.7 Å². The third kappa shape index (κ3) is 4.20. The van der Waals surface area contributed by atoms with Crippen LogP contribution in [0.1, 0.15) is 37.3 Å². The van der Waals surface area contributed by atoms with E-state index in [9.17, 15) is 10.2 Å². The highest BCUT2D eigenvalue weighted by atomic mass is 16.3. The number of likely N-dealkylation sites (tertiary alicyclic amines) is 1. The average molecular weight is 330 g/mol. The Morgan fingerprint density at radius 2 is 2.00 bits per heavy atom. The number of β-amino-alcohol motifs (C(OH)–C–C–N with tert-alkyl or cyclic N) is 1. The van der Waals surface area contributed by atoms with Crippen molar-refractivity contribution in [2.45, 2.75) is 38.5 Å². The van der Waals surface area contributed by atoms with E-state index >= 15 is 0 Å². The van der Waals surface area contributed by atoms with Crippen molar-refractivity contribution in [1.82, 2.24) is 19.4 Å². The molecule has 0 spiro atoms. The zero-order valence-electron chi connectivity index (χ0n) is 14.1. The molecule has 2 N–H and O–H groups in total. The maximum absolute atomic E-state index is 10.5. The first-order valence-corrected chi connectivity index (χ1v) is 8.63. The number of nitrogens with zero attached hydrogens (tertiary/aromatic N) is 4. The molecule has 0 aromatic carbocycles. The first kappa shape index (κ1) is 17.1. The number of aliphatic hydroxyl groups excluding tert-OH is 2. The quantitative estimate of drug-likeness (QED) is 0.839. The van der Waals surface area contributed by atoms with Gasteiger partial charge in [0.1, 0.15) is 11.9 Å². The molecule has 1 aliphatic heterocycles. The van der Waals surface area contributed by atoms with Crippen LogP contribution in [0.5, 0.6) is 0 Å². The summed E-state index contributed by atoms with van der Waals surface area (Å²) in [5.74, 6) is 1.32.